The third-order valence-electron chi connectivity index (χ3n) is 4.56. The van der Waals surface area contributed by atoms with Gasteiger partial charge in [0.05, 0.1) is 4.88 Å². The van der Waals surface area contributed by atoms with Crippen molar-refractivity contribution < 1.29 is 9.53 Å². The molecule has 24 heavy (non-hydrogen) atoms. The fourth-order valence-corrected chi connectivity index (χ4v) is 3.90. The molecule has 1 amide bonds. The molecule has 0 spiro atoms. The molecule has 2 aromatic rings. The molecule has 0 saturated heterocycles. The summed E-state index contributed by atoms with van der Waals surface area (Å²) in [6, 6.07) is 8.51. The highest BCUT2D eigenvalue weighted by atomic mass is 32.1. The van der Waals surface area contributed by atoms with Gasteiger partial charge in [0.25, 0.3) is 5.91 Å². The average Bonchev–Trinajstić information content (AvgIpc) is 3.06. The lowest BCUT2D eigenvalue weighted by Gasteiger charge is -2.22. The van der Waals surface area contributed by atoms with Crippen LogP contribution in [0.2, 0.25) is 0 Å². The summed E-state index contributed by atoms with van der Waals surface area (Å²) in [6.07, 6.45) is 5.97. The number of hydrogen-bond donors (Lipinski definition) is 1. The van der Waals surface area contributed by atoms with Gasteiger partial charge in [-0.05, 0) is 55.3 Å². The van der Waals surface area contributed by atoms with E-state index in [2.05, 4.69) is 30.4 Å². The first-order valence-corrected chi connectivity index (χ1v) is 9.58. The van der Waals surface area contributed by atoms with E-state index in [1.54, 1.807) is 0 Å². The number of amides is 1. The van der Waals surface area contributed by atoms with Crippen molar-refractivity contribution in [1.29, 1.82) is 0 Å². The molecule has 1 saturated carbocycles. The lowest BCUT2D eigenvalue weighted by atomic mass is 9.95. The van der Waals surface area contributed by atoms with Crippen molar-refractivity contribution in [3.63, 3.8) is 0 Å². The van der Waals surface area contributed by atoms with Crippen LogP contribution in [0, 0.1) is 13.8 Å². The summed E-state index contributed by atoms with van der Waals surface area (Å²) in [4.78, 5) is 13.1. The number of carbonyl (C=O) groups is 1. The molecule has 3 rings (SSSR count). The highest BCUT2D eigenvalue weighted by Crippen LogP contribution is 2.23. The zero-order valence-electron chi connectivity index (χ0n) is 14.4. The van der Waals surface area contributed by atoms with Crippen LogP contribution in [0.15, 0.2) is 29.6 Å². The van der Waals surface area contributed by atoms with E-state index in [1.807, 2.05) is 18.4 Å². The van der Waals surface area contributed by atoms with Crippen molar-refractivity contribution in [2.24, 2.45) is 0 Å². The molecule has 1 aromatic heterocycles. The molecule has 1 heterocycles. The highest BCUT2D eigenvalue weighted by Gasteiger charge is 2.17. The third-order valence-corrected chi connectivity index (χ3v) is 5.53. The summed E-state index contributed by atoms with van der Waals surface area (Å²) < 4.78 is 5.92. The SMILES string of the molecule is Cc1ccc(C)c(OCc2csc(C(=O)NC3CCCCC3)c2)c1. The maximum atomic E-state index is 12.4. The molecule has 0 aliphatic heterocycles. The zero-order chi connectivity index (χ0) is 16.9. The van der Waals surface area contributed by atoms with Crippen LogP contribution in [0.3, 0.4) is 0 Å². The summed E-state index contributed by atoms with van der Waals surface area (Å²) in [5.41, 5.74) is 3.37. The number of carbonyl (C=O) groups excluding carboxylic acids is 1. The van der Waals surface area contributed by atoms with Gasteiger partial charge in [0.15, 0.2) is 0 Å². The zero-order valence-corrected chi connectivity index (χ0v) is 15.2. The Morgan fingerprint density at radius 1 is 1.21 bits per heavy atom. The standard InChI is InChI=1S/C20H25NO2S/c1-14-8-9-15(2)18(10-14)23-12-16-11-19(24-13-16)20(22)21-17-6-4-3-5-7-17/h8-11,13,17H,3-7,12H2,1-2H3,(H,21,22). The van der Waals surface area contributed by atoms with E-state index in [0.717, 1.165) is 34.6 Å². The van der Waals surface area contributed by atoms with E-state index >= 15 is 0 Å². The minimum Gasteiger partial charge on any atom is -0.489 e. The number of nitrogens with one attached hydrogen (secondary N) is 1. The van der Waals surface area contributed by atoms with Crippen molar-refractivity contribution in [2.45, 2.75) is 58.6 Å². The summed E-state index contributed by atoms with van der Waals surface area (Å²) in [5, 5.41) is 5.18. The topological polar surface area (TPSA) is 38.3 Å². The minimum atomic E-state index is 0.0601. The van der Waals surface area contributed by atoms with Crippen molar-refractivity contribution in [1.82, 2.24) is 5.32 Å². The maximum Gasteiger partial charge on any atom is 0.261 e. The van der Waals surface area contributed by atoms with Crippen LogP contribution in [0.1, 0.15) is 58.5 Å². The predicted octanol–water partition coefficient (Wildman–Crippen LogP) is 5.01. The molecule has 1 fully saturated rings. The molecule has 0 unspecified atom stereocenters. The molecule has 4 heteroatoms. The number of thiophene rings is 1. The first-order valence-electron chi connectivity index (χ1n) is 8.70. The molecule has 128 valence electrons. The van der Waals surface area contributed by atoms with Crippen LogP contribution in [0.4, 0.5) is 0 Å². The normalized spacial score (nSPS) is 15.2. The van der Waals surface area contributed by atoms with Gasteiger partial charge in [0, 0.05) is 11.6 Å². The van der Waals surface area contributed by atoms with Crippen LogP contribution in [0.25, 0.3) is 0 Å². The van der Waals surface area contributed by atoms with Gasteiger partial charge in [-0.25, -0.2) is 0 Å². The molecule has 1 N–H and O–H groups in total. The number of hydrogen-bond acceptors (Lipinski definition) is 3. The van der Waals surface area contributed by atoms with Crippen LogP contribution in [-0.4, -0.2) is 11.9 Å². The lowest BCUT2D eigenvalue weighted by Crippen LogP contribution is -2.35. The van der Waals surface area contributed by atoms with Gasteiger partial charge in [-0.2, -0.15) is 0 Å². The molecule has 1 aromatic carbocycles. The summed E-state index contributed by atoms with van der Waals surface area (Å²) in [7, 11) is 0. The first kappa shape index (κ1) is 17.0. The van der Waals surface area contributed by atoms with Gasteiger partial charge >= 0.3 is 0 Å². The van der Waals surface area contributed by atoms with E-state index in [9.17, 15) is 4.79 Å². The number of benzene rings is 1. The quantitative estimate of drug-likeness (QED) is 0.829. The molecule has 1 aliphatic carbocycles. The van der Waals surface area contributed by atoms with Gasteiger partial charge < -0.3 is 10.1 Å². The second kappa shape index (κ2) is 7.84. The van der Waals surface area contributed by atoms with Crippen LogP contribution in [0.5, 0.6) is 5.75 Å². The Balaban J connectivity index is 1.56. The Kier molecular flexibility index (Phi) is 5.56. The summed E-state index contributed by atoms with van der Waals surface area (Å²) >= 11 is 1.50. The fourth-order valence-electron chi connectivity index (χ4n) is 3.10. The van der Waals surface area contributed by atoms with Gasteiger partial charge in [0.1, 0.15) is 12.4 Å². The van der Waals surface area contributed by atoms with E-state index < -0.39 is 0 Å². The number of rotatable bonds is 5. The van der Waals surface area contributed by atoms with Crippen molar-refractivity contribution in [2.75, 3.05) is 0 Å². The second-order valence-electron chi connectivity index (χ2n) is 6.69. The van der Waals surface area contributed by atoms with E-state index in [0.29, 0.717) is 12.6 Å². The second-order valence-corrected chi connectivity index (χ2v) is 7.60. The molecule has 3 nitrogen and oxygen atoms in total. The summed E-state index contributed by atoms with van der Waals surface area (Å²) in [5.74, 6) is 0.972. The van der Waals surface area contributed by atoms with Crippen molar-refractivity contribution in [3.8, 4) is 5.75 Å². The Bertz CT molecular complexity index is 701. The Hall–Kier alpha value is -1.81. The first-order chi connectivity index (χ1) is 11.6. The van der Waals surface area contributed by atoms with Gasteiger partial charge in [-0.3, -0.25) is 4.79 Å². The Morgan fingerprint density at radius 2 is 2.00 bits per heavy atom. The molecule has 0 radical (unpaired) electrons. The fraction of sp³-hybridized carbons (Fsp3) is 0.450. The average molecular weight is 343 g/mol. The largest absolute Gasteiger partial charge is 0.489 e. The van der Waals surface area contributed by atoms with Crippen LogP contribution in [-0.2, 0) is 6.61 Å². The van der Waals surface area contributed by atoms with E-state index in [4.69, 9.17) is 4.74 Å². The van der Waals surface area contributed by atoms with E-state index in [1.165, 1.54) is 36.2 Å². The predicted molar refractivity (Wildman–Crippen MR) is 98.9 cm³/mol. The molecular formula is C20H25NO2S. The van der Waals surface area contributed by atoms with Crippen LogP contribution >= 0.6 is 11.3 Å². The molecule has 0 bridgehead atoms. The maximum absolute atomic E-state index is 12.4. The van der Waals surface area contributed by atoms with Crippen molar-refractivity contribution in [3.05, 3.63) is 51.2 Å². The Labute approximate surface area is 148 Å². The summed E-state index contributed by atoms with van der Waals surface area (Å²) in [6.45, 7) is 4.60. The monoisotopic (exact) mass is 343 g/mol. The Morgan fingerprint density at radius 3 is 2.79 bits per heavy atom. The molecular weight excluding hydrogens is 318 g/mol. The van der Waals surface area contributed by atoms with Crippen LogP contribution < -0.4 is 10.1 Å². The minimum absolute atomic E-state index is 0.0601. The number of ether oxygens (including phenoxy) is 1. The lowest BCUT2D eigenvalue weighted by molar-refractivity contribution is 0.0932. The number of aryl methyl sites for hydroxylation is 2. The smallest absolute Gasteiger partial charge is 0.261 e. The highest BCUT2D eigenvalue weighted by molar-refractivity contribution is 7.12. The van der Waals surface area contributed by atoms with Crippen molar-refractivity contribution >= 4 is 17.2 Å². The van der Waals surface area contributed by atoms with Gasteiger partial charge in [-0.15, -0.1) is 11.3 Å². The molecule has 0 atom stereocenters. The van der Waals surface area contributed by atoms with E-state index in [-0.39, 0.29) is 5.91 Å². The third kappa shape index (κ3) is 4.38. The van der Waals surface area contributed by atoms with Gasteiger partial charge in [-0.1, -0.05) is 31.4 Å². The molecule has 1 aliphatic rings. The van der Waals surface area contributed by atoms with Gasteiger partial charge in [0.2, 0.25) is 0 Å².